The molecule has 5 nitrogen and oxygen atoms in total. The van der Waals surface area contributed by atoms with E-state index in [4.69, 9.17) is 4.74 Å². The van der Waals surface area contributed by atoms with E-state index in [2.05, 4.69) is 20.3 Å². The van der Waals surface area contributed by atoms with Crippen molar-refractivity contribution in [3.05, 3.63) is 77.9 Å². The lowest BCUT2D eigenvalue weighted by molar-refractivity contribution is 0.330. The first-order valence-corrected chi connectivity index (χ1v) is 9.18. The molecule has 7 heteroatoms. The number of nitrogens with zero attached hydrogens (tertiary/aromatic N) is 3. The summed E-state index contributed by atoms with van der Waals surface area (Å²) >= 11 is 0. The minimum Gasteiger partial charge on any atom is -0.476 e. The van der Waals surface area contributed by atoms with Crippen LogP contribution in [0.15, 0.2) is 60.7 Å². The smallest absolute Gasteiger partial charge is 0.245 e. The fourth-order valence-electron chi connectivity index (χ4n) is 2.91. The average Bonchev–Trinajstić information content (AvgIpc) is 2.73. The Morgan fingerprint density at radius 1 is 0.897 bits per heavy atom. The van der Waals surface area contributed by atoms with E-state index in [0.29, 0.717) is 41.7 Å². The number of anilines is 1. The fraction of sp³-hybridized carbons (Fsp3) is 0.136. The Labute approximate surface area is 166 Å². The van der Waals surface area contributed by atoms with Gasteiger partial charge in [0.05, 0.1) is 17.8 Å². The highest BCUT2D eigenvalue weighted by Crippen LogP contribution is 2.26. The van der Waals surface area contributed by atoms with E-state index >= 15 is 0 Å². The van der Waals surface area contributed by atoms with Gasteiger partial charge in [-0.05, 0) is 61.0 Å². The number of hydrogen-bond donors (Lipinski definition) is 1. The molecule has 0 unspecified atom stereocenters. The summed E-state index contributed by atoms with van der Waals surface area (Å²) in [5.74, 6) is 0.114. The van der Waals surface area contributed by atoms with Crippen LogP contribution >= 0.6 is 0 Å². The number of ether oxygens (including phenoxy) is 1. The second-order valence-electron chi connectivity index (χ2n) is 6.34. The number of pyridine rings is 1. The minimum atomic E-state index is -0.304. The molecule has 0 amide bonds. The van der Waals surface area contributed by atoms with Crippen LogP contribution in [0.3, 0.4) is 0 Å². The number of halogens is 2. The summed E-state index contributed by atoms with van der Waals surface area (Å²) in [5.41, 5.74) is 3.35. The first-order chi connectivity index (χ1) is 14.1. The molecule has 0 saturated carbocycles. The lowest BCUT2D eigenvalue weighted by atomic mass is 10.1. The number of benzene rings is 2. The van der Waals surface area contributed by atoms with Gasteiger partial charge in [0.2, 0.25) is 11.8 Å². The first kappa shape index (κ1) is 18.7. The zero-order chi connectivity index (χ0) is 20.2. The third-order valence-corrected chi connectivity index (χ3v) is 4.27. The van der Waals surface area contributed by atoms with E-state index in [9.17, 15) is 8.78 Å². The van der Waals surface area contributed by atoms with Crippen LogP contribution in [-0.4, -0.2) is 21.6 Å². The largest absolute Gasteiger partial charge is 0.476 e. The average molecular weight is 392 g/mol. The molecule has 0 aliphatic heterocycles. The maximum absolute atomic E-state index is 13.4. The molecule has 29 heavy (non-hydrogen) atoms. The standard InChI is InChI=1S/C22H18F2N4O/c1-2-29-21-20-19(11-10-18(26-20)15-6-8-16(23)9-7-15)27-22(28-21)25-13-14-4-3-5-17(24)12-14/h3-12H,2,13H2,1H3,(H,25,27,28). The number of fused-ring (bicyclic) bond motifs is 1. The van der Waals surface area contributed by atoms with Crippen LogP contribution in [0.2, 0.25) is 0 Å². The van der Waals surface area contributed by atoms with Crippen molar-refractivity contribution in [2.75, 3.05) is 11.9 Å². The summed E-state index contributed by atoms with van der Waals surface area (Å²) in [6.07, 6.45) is 0. The van der Waals surface area contributed by atoms with Crippen molar-refractivity contribution in [2.45, 2.75) is 13.5 Å². The molecule has 0 radical (unpaired) electrons. The molecule has 0 saturated heterocycles. The molecule has 0 fully saturated rings. The first-order valence-electron chi connectivity index (χ1n) is 9.18. The van der Waals surface area contributed by atoms with Gasteiger partial charge in [-0.2, -0.15) is 4.98 Å². The van der Waals surface area contributed by atoms with Gasteiger partial charge in [-0.25, -0.2) is 18.7 Å². The quantitative estimate of drug-likeness (QED) is 0.501. The van der Waals surface area contributed by atoms with Crippen molar-refractivity contribution in [3.63, 3.8) is 0 Å². The molecule has 0 spiro atoms. The van der Waals surface area contributed by atoms with Gasteiger partial charge in [0.15, 0.2) is 5.52 Å². The van der Waals surface area contributed by atoms with Crippen molar-refractivity contribution in [2.24, 2.45) is 0 Å². The normalized spacial score (nSPS) is 10.9. The number of nitrogens with one attached hydrogen (secondary N) is 1. The maximum atomic E-state index is 13.4. The van der Waals surface area contributed by atoms with Gasteiger partial charge in [0.1, 0.15) is 11.6 Å². The maximum Gasteiger partial charge on any atom is 0.245 e. The summed E-state index contributed by atoms with van der Waals surface area (Å²) in [6.45, 7) is 2.64. The third-order valence-electron chi connectivity index (χ3n) is 4.27. The van der Waals surface area contributed by atoms with Crippen molar-refractivity contribution in [1.82, 2.24) is 15.0 Å². The van der Waals surface area contributed by atoms with Gasteiger partial charge < -0.3 is 10.1 Å². The van der Waals surface area contributed by atoms with E-state index in [1.807, 2.05) is 25.1 Å². The van der Waals surface area contributed by atoms with Crippen molar-refractivity contribution in [3.8, 4) is 17.1 Å². The van der Waals surface area contributed by atoms with Gasteiger partial charge >= 0.3 is 0 Å². The molecule has 1 N–H and O–H groups in total. The minimum absolute atomic E-state index is 0.295. The Morgan fingerprint density at radius 3 is 2.48 bits per heavy atom. The molecular formula is C22H18F2N4O. The molecule has 4 aromatic rings. The SMILES string of the molecule is CCOc1nc(NCc2cccc(F)c2)nc2ccc(-c3ccc(F)cc3)nc12. The fourth-order valence-corrected chi connectivity index (χ4v) is 2.91. The zero-order valence-corrected chi connectivity index (χ0v) is 15.7. The zero-order valence-electron chi connectivity index (χ0n) is 15.7. The van der Waals surface area contributed by atoms with E-state index in [1.54, 1.807) is 18.2 Å². The highest BCUT2D eigenvalue weighted by atomic mass is 19.1. The molecule has 146 valence electrons. The molecule has 0 aliphatic carbocycles. The Hall–Kier alpha value is -3.61. The van der Waals surface area contributed by atoms with E-state index < -0.39 is 0 Å². The second kappa shape index (κ2) is 8.18. The summed E-state index contributed by atoms with van der Waals surface area (Å²) in [4.78, 5) is 13.5. The molecule has 0 bridgehead atoms. The van der Waals surface area contributed by atoms with Crippen LogP contribution in [0.1, 0.15) is 12.5 Å². The van der Waals surface area contributed by atoms with Crippen LogP contribution in [0.25, 0.3) is 22.3 Å². The summed E-state index contributed by atoms with van der Waals surface area (Å²) < 4.78 is 32.2. The van der Waals surface area contributed by atoms with Crippen molar-refractivity contribution >= 4 is 17.0 Å². The van der Waals surface area contributed by atoms with Gasteiger partial charge in [0.25, 0.3) is 0 Å². The predicted octanol–water partition coefficient (Wildman–Crippen LogP) is 4.98. The van der Waals surface area contributed by atoms with Crippen molar-refractivity contribution < 1.29 is 13.5 Å². The molecule has 0 atom stereocenters. The van der Waals surface area contributed by atoms with E-state index in [-0.39, 0.29) is 11.6 Å². The van der Waals surface area contributed by atoms with Gasteiger partial charge in [-0.15, -0.1) is 0 Å². The Balaban J connectivity index is 1.67. The molecule has 2 heterocycles. The monoisotopic (exact) mass is 392 g/mol. The number of aromatic nitrogens is 3. The molecule has 2 aromatic carbocycles. The summed E-state index contributed by atoms with van der Waals surface area (Å²) in [6, 6.07) is 16.1. The topological polar surface area (TPSA) is 59.9 Å². The number of hydrogen-bond acceptors (Lipinski definition) is 5. The molecule has 4 rings (SSSR count). The van der Waals surface area contributed by atoms with Crippen LogP contribution in [0, 0.1) is 11.6 Å². The van der Waals surface area contributed by atoms with Crippen LogP contribution in [0.5, 0.6) is 5.88 Å². The highest BCUT2D eigenvalue weighted by Gasteiger charge is 2.12. The van der Waals surface area contributed by atoms with E-state index in [0.717, 1.165) is 11.1 Å². The lowest BCUT2D eigenvalue weighted by Gasteiger charge is -2.11. The van der Waals surface area contributed by atoms with Crippen LogP contribution in [0.4, 0.5) is 14.7 Å². The van der Waals surface area contributed by atoms with Gasteiger partial charge in [-0.3, -0.25) is 0 Å². The van der Waals surface area contributed by atoms with Crippen LogP contribution in [-0.2, 0) is 6.54 Å². The molecular weight excluding hydrogens is 374 g/mol. The van der Waals surface area contributed by atoms with Crippen LogP contribution < -0.4 is 10.1 Å². The highest BCUT2D eigenvalue weighted by molar-refractivity contribution is 5.83. The van der Waals surface area contributed by atoms with Gasteiger partial charge in [0, 0.05) is 12.1 Å². The summed E-state index contributed by atoms with van der Waals surface area (Å²) in [7, 11) is 0. The van der Waals surface area contributed by atoms with E-state index in [1.165, 1.54) is 24.3 Å². The Bertz CT molecular complexity index is 1150. The Kier molecular flexibility index (Phi) is 5.29. The second-order valence-corrected chi connectivity index (χ2v) is 6.34. The third kappa shape index (κ3) is 4.29. The molecule has 0 aliphatic rings. The molecule has 2 aromatic heterocycles. The van der Waals surface area contributed by atoms with Gasteiger partial charge in [-0.1, -0.05) is 12.1 Å². The predicted molar refractivity (Wildman–Crippen MR) is 108 cm³/mol. The van der Waals surface area contributed by atoms with Crippen molar-refractivity contribution in [1.29, 1.82) is 0 Å². The number of rotatable bonds is 6. The Morgan fingerprint density at radius 2 is 1.72 bits per heavy atom. The summed E-state index contributed by atoms with van der Waals surface area (Å²) in [5, 5.41) is 3.09. The lowest BCUT2D eigenvalue weighted by Crippen LogP contribution is -2.07.